The van der Waals surface area contributed by atoms with Crippen molar-refractivity contribution in [3.8, 4) is 5.75 Å². The lowest BCUT2D eigenvalue weighted by molar-refractivity contribution is -0.122. The van der Waals surface area contributed by atoms with Crippen LogP contribution >= 0.6 is 12.4 Å². The van der Waals surface area contributed by atoms with E-state index >= 15 is 0 Å². The second-order valence-corrected chi connectivity index (χ2v) is 6.01. The molecule has 1 aliphatic rings. The van der Waals surface area contributed by atoms with E-state index in [9.17, 15) is 13.6 Å². The molecule has 1 aliphatic carbocycles. The molecule has 0 atom stereocenters. The number of amides is 1. The van der Waals surface area contributed by atoms with E-state index in [1.54, 1.807) is 0 Å². The number of nitrogens with two attached hydrogens (primary N) is 1. The molecule has 0 unspecified atom stereocenters. The van der Waals surface area contributed by atoms with Gasteiger partial charge in [-0.2, -0.15) is 0 Å². The average Bonchev–Trinajstić information content (AvgIpc) is 3.04. The number of ether oxygens (including phenoxy) is 1. The van der Waals surface area contributed by atoms with Gasteiger partial charge in [0.25, 0.3) is 5.92 Å². The predicted octanol–water partition coefficient (Wildman–Crippen LogP) is 3.07. The fourth-order valence-electron chi connectivity index (χ4n) is 2.62. The number of hydrogen-bond donors (Lipinski definition) is 2. The van der Waals surface area contributed by atoms with E-state index < -0.39 is 24.9 Å². The normalized spacial score (nSPS) is 15.0. The minimum absolute atomic E-state index is 0. The molecule has 1 saturated carbocycles. The van der Waals surface area contributed by atoms with Gasteiger partial charge in [0.05, 0.1) is 19.2 Å². The summed E-state index contributed by atoms with van der Waals surface area (Å²) in [6, 6.07) is 7.62. The molecular formula is C17H25ClF2N2O2. The van der Waals surface area contributed by atoms with Crippen LogP contribution in [0.3, 0.4) is 0 Å². The molecule has 1 amide bonds. The van der Waals surface area contributed by atoms with Crippen LogP contribution in [0.5, 0.6) is 5.75 Å². The number of alkyl halides is 2. The molecule has 24 heavy (non-hydrogen) atoms. The Labute approximate surface area is 147 Å². The summed E-state index contributed by atoms with van der Waals surface area (Å²) < 4.78 is 31.8. The van der Waals surface area contributed by atoms with Crippen molar-refractivity contribution in [3.63, 3.8) is 0 Å². The summed E-state index contributed by atoms with van der Waals surface area (Å²) in [5, 5.41) is 2.22. The molecule has 3 N–H and O–H groups in total. The third-order valence-electron chi connectivity index (χ3n) is 3.99. The topological polar surface area (TPSA) is 64.3 Å². The van der Waals surface area contributed by atoms with Gasteiger partial charge in [-0.05, 0) is 49.8 Å². The van der Waals surface area contributed by atoms with Crippen molar-refractivity contribution in [2.75, 3.05) is 13.1 Å². The molecule has 0 radical (unpaired) electrons. The second kappa shape index (κ2) is 9.79. The highest BCUT2D eigenvalue weighted by molar-refractivity contribution is 5.85. The Morgan fingerprint density at radius 1 is 1.33 bits per heavy atom. The Morgan fingerprint density at radius 3 is 2.71 bits per heavy atom. The zero-order valence-corrected chi connectivity index (χ0v) is 14.4. The van der Waals surface area contributed by atoms with Crippen LogP contribution in [0.4, 0.5) is 8.78 Å². The van der Waals surface area contributed by atoms with E-state index in [0.29, 0.717) is 6.42 Å². The molecule has 0 heterocycles. The van der Waals surface area contributed by atoms with E-state index in [1.807, 2.05) is 24.3 Å². The monoisotopic (exact) mass is 362 g/mol. The number of carbonyl (C=O) groups is 1. The highest BCUT2D eigenvalue weighted by Gasteiger charge is 2.26. The highest BCUT2D eigenvalue weighted by Crippen LogP contribution is 2.24. The number of rotatable bonds is 8. The van der Waals surface area contributed by atoms with E-state index in [2.05, 4.69) is 5.32 Å². The Morgan fingerprint density at radius 2 is 2.04 bits per heavy atom. The molecular weight excluding hydrogens is 338 g/mol. The maximum atomic E-state index is 13.0. The SMILES string of the molecule is Cl.NCC(F)(F)CNC(=O)CCc1cccc(OC2CCCC2)c1. The number of aryl methyl sites for hydroxylation is 1. The summed E-state index contributed by atoms with van der Waals surface area (Å²) in [7, 11) is 0. The van der Waals surface area contributed by atoms with E-state index in [1.165, 1.54) is 12.8 Å². The Balaban J connectivity index is 0.00000288. The standard InChI is InChI=1S/C17H24F2N2O2.ClH/c18-17(19,11-20)12-21-16(22)9-8-13-4-3-7-15(10-13)23-14-5-1-2-6-14;/h3-4,7,10,14H,1-2,5-6,8-9,11-12,20H2,(H,21,22);1H. The zero-order chi connectivity index (χ0) is 16.7. The van der Waals surface area contributed by atoms with Gasteiger partial charge in [0.15, 0.2) is 0 Å². The quantitative estimate of drug-likeness (QED) is 0.747. The third kappa shape index (κ3) is 7.01. The number of benzene rings is 1. The third-order valence-corrected chi connectivity index (χ3v) is 3.99. The van der Waals surface area contributed by atoms with Crippen LogP contribution in [-0.4, -0.2) is 31.0 Å². The van der Waals surface area contributed by atoms with Gasteiger partial charge in [0.2, 0.25) is 5.91 Å². The van der Waals surface area contributed by atoms with Crippen molar-refractivity contribution in [2.24, 2.45) is 5.73 Å². The first kappa shape index (κ1) is 20.6. The maximum Gasteiger partial charge on any atom is 0.277 e. The van der Waals surface area contributed by atoms with Crippen LogP contribution in [0.25, 0.3) is 0 Å². The predicted molar refractivity (Wildman–Crippen MR) is 91.9 cm³/mol. The van der Waals surface area contributed by atoms with E-state index in [-0.39, 0.29) is 24.9 Å². The van der Waals surface area contributed by atoms with Gasteiger partial charge in [-0.25, -0.2) is 8.78 Å². The average molecular weight is 363 g/mol. The molecule has 7 heteroatoms. The lowest BCUT2D eigenvalue weighted by Crippen LogP contribution is -2.41. The van der Waals surface area contributed by atoms with Crippen molar-refractivity contribution in [2.45, 2.75) is 50.6 Å². The lowest BCUT2D eigenvalue weighted by atomic mass is 10.1. The summed E-state index contributed by atoms with van der Waals surface area (Å²) in [6.45, 7) is -1.49. The van der Waals surface area contributed by atoms with Crippen molar-refractivity contribution in [3.05, 3.63) is 29.8 Å². The van der Waals surface area contributed by atoms with Crippen LogP contribution in [0, 0.1) is 0 Å². The first-order valence-corrected chi connectivity index (χ1v) is 8.09. The number of halogens is 3. The lowest BCUT2D eigenvalue weighted by Gasteiger charge is -2.15. The van der Waals surface area contributed by atoms with Crippen LogP contribution in [0.2, 0.25) is 0 Å². The molecule has 1 aromatic rings. The molecule has 0 aromatic heterocycles. The maximum absolute atomic E-state index is 13.0. The van der Waals surface area contributed by atoms with E-state index in [0.717, 1.165) is 24.2 Å². The fraction of sp³-hybridized carbons (Fsp3) is 0.588. The second-order valence-electron chi connectivity index (χ2n) is 6.01. The first-order valence-electron chi connectivity index (χ1n) is 8.09. The van der Waals surface area contributed by atoms with Crippen molar-refractivity contribution < 1.29 is 18.3 Å². The number of hydrogen-bond acceptors (Lipinski definition) is 3. The van der Waals surface area contributed by atoms with Crippen LogP contribution < -0.4 is 15.8 Å². The van der Waals surface area contributed by atoms with Crippen molar-refractivity contribution >= 4 is 18.3 Å². The van der Waals surface area contributed by atoms with Gasteiger partial charge in [-0.3, -0.25) is 4.79 Å². The summed E-state index contributed by atoms with van der Waals surface area (Å²) in [5.41, 5.74) is 5.89. The minimum atomic E-state index is -3.05. The molecule has 1 aromatic carbocycles. The summed E-state index contributed by atoms with van der Waals surface area (Å²) in [4.78, 5) is 11.6. The molecule has 0 spiro atoms. The Bertz CT molecular complexity index is 523. The van der Waals surface area contributed by atoms with E-state index in [4.69, 9.17) is 10.5 Å². The molecule has 136 valence electrons. The minimum Gasteiger partial charge on any atom is -0.490 e. The number of nitrogens with one attached hydrogen (secondary N) is 1. The van der Waals surface area contributed by atoms with Crippen molar-refractivity contribution in [1.82, 2.24) is 5.32 Å². The van der Waals surface area contributed by atoms with Crippen LogP contribution in [-0.2, 0) is 11.2 Å². The summed E-state index contributed by atoms with van der Waals surface area (Å²) in [5.74, 6) is -2.64. The van der Waals surface area contributed by atoms with Gasteiger partial charge in [0.1, 0.15) is 5.75 Å². The molecule has 0 saturated heterocycles. The fourth-order valence-corrected chi connectivity index (χ4v) is 2.62. The van der Waals surface area contributed by atoms with Gasteiger partial charge in [-0.1, -0.05) is 12.1 Å². The molecule has 0 aliphatic heterocycles. The zero-order valence-electron chi connectivity index (χ0n) is 13.6. The Hall–Kier alpha value is -1.40. The first-order chi connectivity index (χ1) is 11.0. The van der Waals surface area contributed by atoms with Crippen molar-refractivity contribution in [1.29, 1.82) is 0 Å². The van der Waals surface area contributed by atoms with Gasteiger partial charge < -0.3 is 15.8 Å². The van der Waals surface area contributed by atoms with Crippen LogP contribution in [0.1, 0.15) is 37.7 Å². The number of carbonyl (C=O) groups excluding carboxylic acids is 1. The van der Waals surface area contributed by atoms with Crippen LogP contribution in [0.15, 0.2) is 24.3 Å². The highest BCUT2D eigenvalue weighted by atomic mass is 35.5. The van der Waals surface area contributed by atoms with Gasteiger partial charge >= 0.3 is 0 Å². The molecule has 1 fully saturated rings. The summed E-state index contributed by atoms with van der Waals surface area (Å²) in [6.07, 6.45) is 5.52. The smallest absolute Gasteiger partial charge is 0.277 e. The van der Waals surface area contributed by atoms with Gasteiger partial charge in [-0.15, -0.1) is 12.4 Å². The molecule has 0 bridgehead atoms. The largest absolute Gasteiger partial charge is 0.490 e. The Kier molecular flexibility index (Phi) is 8.42. The molecule has 2 rings (SSSR count). The summed E-state index contributed by atoms with van der Waals surface area (Å²) >= 11 is 0. The molecule has 4 nitrogen and oxygen atoms in total. The van der Waals surface area contributed by atoms with Gasteiger partial charge in [0, 0.05) is 6.42 Å².